The summed E-state index contributed by atoms with van der Waals surface area (Å²) in [5.41, 5.74) is 0.278. The zero-order valence-corrected chi connectivity index (χ0v) is 14.0. The second kappa shape index (κ2) is 6.03. The second-order valence-corrected chi connectivity index (χ2v) is 7.91. The summed E-state index contributed by atoms with van der Waals surface area (Å²) in [4.78, 5) is 12.2. The van der Waals surface area contributed by atoms with Crippen LogP contribution >= 0.6 is 0 Å². The molecule has 2 aliphatic carbocycles. The SMILES string of the molecule is CC(C)C(C)C=CC(C)C1CCC2C(=O)CCCC21C. The van der Waals surface area contributed by atoms with Crippen LogP contribution in [0, 0.1) is 35.0 Å². The predicted molar refractivity (Wildman–Crippen MR) is 85.5 cm³/mol. The van der Waals surface area contributed by atoms with E-state index in [0.29, 0.717) is 35.4 Å². The zero-order chi connectivity index (χ0) is 14.9. The Morgan fingerprint density at radius 3 is 2.50 bits per heavy atom. The molecule has 0 aliphatic heterocycles. The fraction of sp³-hybridized carbons (Fsp3) is 0.842. The van der Waals surface area contributed by atoms with Crippen LogP contribution in [0.25, 0.3) is 0 Å². The number of fused-ring (bicyclic) bond motifs is 1. The molecule has 0 heterocycles. The van der Waals surface area contributed by atoms with E-state index in [1.54, 1.807) is 0 Å². The summed E-state index contributed by atoms with van der Waals surface area (Å²) in [6.45, 7) is 11.6. The monoisotopic (exact) mass is 276 g/mol. The van der Waals surface area contributed by atoms with E-state index in [2.05, 4.69) is 46.8 Å². The average molecular weight is 276 g/mol. The molecule has 0 aromatic carbocycles. The molecule has 5 atom stereocenters. The van der Waals surface area contributed by atoms with Gasteiger partial charge >= 0.3 is 0 Å². The van der Waals surface area contributed by atoms with Crippen molar-refractivity contribution in [1.82, 2.24) is 0 Å². The van der Waals surface area contributed by atoms with Crippen LogP contribution in [0.3, 0.4) is 0 Å². The molecular weight excluding hydrogens is 244 g/mol. The third-order valence-corrected chi connectivity index (χ3v) is 6.34. The molecule has 1 nitrogen and oxygen atoms in total. The third-order valence-electron chi connectivity index (χ3n) is 6.34. The van der Waals surface area contributed by atoms with Crippen LogP contribution in [-0.4, -0.2) is 5.78 Å². The molecule has 2 rings (SSSR count). The van der Waals surface area contributed by atoms with Crippen molar-refractivity contribution in [2.75, 3.05) is 0 Å². The normalized spacial score (nSPS) is 37.4. The van der Waals surface area contributed by atoms with Crippen molar-refractivity contribution in [2.24, 2.45) is 35.0 Å². The fourth-order valence-corrected chi connectivity index (χ4v) is 4.54. The van der Waals surface area contributed by atoms with Crippen molar-refractivity contribution < 1.29 is 4.79 Å². The number of ketones is 1. The molecular formula is C19H32O. The molecule has 0 radical (unpaired) electrons. The Kier molecular flexibility index (Phi) is 4.76. The molecule has 0 saturated heterocycles. The van der Waals surface area contributed by atoms with Gasteiger partial charge in [0.2, 0.25) is 0 Å². The van der Waals surface area contributed by atoms with E-state index in [9.17, 15) is 4.79 Å². The number of hydrogen-bond acceptors (Lipinski definition) is 1. The molecule has 20 heavy (non-hydrogen) atoms. The van der Waals surface area contributed by atoms with Gasteiger partial charge in [-0.25, -0.2) is 0 Å². The maximum Gasteiger partial charge on any atom is 0.136 e. The van der Waals surface area contributed by atoms with Gasteiger partial charge in [0.25, 0.3) is 0 Å². The predicted octanol–water partition coefficient (Wildman–Crippen LogP) is 5.26. The minimum absolute atomic E-state index is 0.278. The molecule has 114 valence electrons. The van der Waals surface area contributed by atoms with E-state index < -0.39 is 0 Å². The van der Waals surface area contributed by atoms with Gasteiger partial charge in [-0.2, -0.15) is 0 Å². The van der Waals surface area contributed by atoms with Crippen molar-refractivity contribution in [3.8, 4) is 0 Å². The molecule has 0 spiro atoms. The molecule has 0 N–H and O–H groups in total. The van der Waals surface area contributed by atoms with E-state index in [-0.39, 0.29) is 5.41 Å². The van der Waals surface area contributed by atoms with Gasteiger partial charge in [-0.15, -0.1) is 0 Å². The first kappa shape index (κ1) is 15.8. The lowest BCUT2D eigenvalue weighted by Gasteiger charge is -2.41. The summed E-state index contributed by atoms with van der Waals surface area (Å²) in [6.07, 6.45) is 10.4. The zero-order valence-electron chi connectivity index (χ0n) is 14.0. The summed E-state index contributed by atoms with van der Waals surface area (Å²) >= 11 is 0. The van der Waals surface area contributed by atoms with Crippen molar-refractivity contribution >= 4 is 5.78 Å². The van der Waals surface area contributed by atoms with Gasteiger partial charge in [0.1, 0.15) is 5.78 Å². The number of carbonyl (C=O) groups excluding carboxylic acids is 1. The van der Waals surface area contributed by atoms with E-state index in [1.165, 1.54) is 12.8 Å². The van der Waals surface area contributed by atoms with Crippen molar-refractivity contribution in [3.63, 3.8) is 0 Å². The molecule has 0 bridgehead atoms. The van der Waals surface area contributed by atoms with E-state index in [0.717, 1.165) is 19.3 Å². The van der Waals surface area contributed by atoms with Gasteiger partial charge in [0.15, 0.2) is 0 Å². The number of Topliss-reactive ketones (excluding diaryl/α,β-unsaturated/α-hetero) is 1. The van der Waals surface area contributed by atoms with Gasteiger partial charge in [-0.05, 0) is 54.8 Å². The number of hydrogen-bond donors (Lipinski definition) is 0. The first-order valence-corrected chi connectivity index (χ1v) is 8.57. The van der Waals surface area contributed by atoms with Crippen LogP contribution in [0.15, 0.2) is 12.2 Å². The standard InChI is InChI=1S/C19H32O/c1-13(2)14(3)8-9-15(4)16-10-11-17-18(20)7-6-12-19(16,17)5/h8-9,13-17H,6-7,10-12H2,1-5H3. The minimum atomic E-state index is 0.278. The number of carbonyl (C=O) groups is 1. The summed E-state index contributed by atoms with van der Waals surface area (Å²) < 4.78 is 0. The van der Waals surface area contributed by atoms with Gasteiger partial charge in [-0.1, -0.05) is 46.8 Å². The smallest absolute Gasteiger partial charge is 0.136 e. The van der Waals surface area contributed by atoms with Crippen LogP contribution in [0.5, 0.6) is 0 Å². The Hall–Kier alpha value is -0.590. The van der Waals surface area contributed by atoms with Gasteiger partial charge in [0.05, 0.1) is 0 Å². The Morgan fingerprint density at radius 2 is 1.85 bits per heavy atom. The Balaban J connectivity index is 2.07. The summed E-state index contributed by atoms with van der Waals surface area (Å²) in [7, 11) is 0. The highest BCUT2D eigenvalue weighted by Crippen LogP contribution is 2.56. The first-order valence-electron chi connectivity index (χ1n) is 8.57. The maximum absolute atomic E-state index is 12.2. The highest BCUT2D eigenvalue weighted by Gasteiger charge is 2.51. The quantitative estimate of drug-likeness (QED) is 0.640. The summed E-state index contributed by atoms with van der Waals surface area (Å²) in [5, 5.41) is 0. The van der Waals surface area contributed by atoms with Crippen LogP contribution < -0.4 is 0 Å². The van der Waals surface area contributed by atoms with Crippen molar-refractivity contribution in [1.29, 1.82) is 0 Å². The first-order chi connectivity index (χ1) is 9.36. The van der Waals surface area contributed by atoms with Crippen LogP contribution in [0.1, 0.15) is 66.7 Å². The molecule has 2 fully saturated rings. The molecule has 2 aliphatic rings. The van der Waals surface area contributed by atoms with Crippen LogP contribution in [0.4, 0.5) is 0 Å². The fourth-order valence-electron chi connectivity index (χ4n) is 4.54. The topological polar surface area (TPSA) is 17.1 Å². The molecule has 0 aromatic heterocycles. The largest absolute Gasteiger partial charge is 0.299 e. The lowest BCUT2D eigenvalue weighted by Crippen LogP contribution is -2.39. The van der Waals surface area contributed by atoms with Crippen molar-refractivity contribution in [2.45, 2.75) is 66.7 Å². The van der Waals surface area contributed by atoms with Gasteiger partial charge < -0.3 is 0 Å². The van der Waals surface area contributed by atoms with E-state index >= 15 is 0 Å². The molecule has 0 aromatic rings. The Labute approximate surface area is 125 Å². The lowest BCUT2D eigenvalue weighted by molar-refractivity contribution is -0.129. The number of allylic oxidation sites excluding steroid dienone is 2. The molecule has 5 unspecified atom stereocenters. The summed E-state index contributed by atoms with van der Waals surface area (Å²) in [6, 6.07) is 0. The van der Waals surface area contributed by atoms with E-state index in [4.69, 9.17) is 0 Å². The summed E-state index contributed by atoms with van der Waals surface area (Å²) in [5.74, 6) is 3.58. The second-order valence-electron chi connectivity index (χ2n) is 7.91. The van der Waals surface area contributed by atoms with Gasteiger partial charge in [0, 0.05) is 12.3 Å². The Morgan fingerprint density at radius 1 is 1.15 bits per heavy atom. The van der Waals surface area contributed by atoms with Gasteiger partial charge in [-0.3, -0.25) is 4.79 Å². The van der Waals surface area contributed by atoms with Crippen LogP contribution in [-0.2, 0) is 4.79 Å². The van der Waals surface area contributed by atoms with Crippen LogP contribution in [0.2, 0.25) is 0 Å². The number of rotatable bonds is 4. The van der Waals surface area contributed by atoms with Crippen molar-refractivity contribution in [3.05, 3.63) is 12.2 Å². The highest BCUT2D eigenvalue weighted by atomic mass is 16.1. The molecule has 0 amide bonds. The lowest BCUT2D eigenvalue weighted by atomic mass is 9.62. The highest BCUT2D eigenvalue weighted by molar-refractivity contribution is 5.83. The van der Waals surface area contributed by atoms with E-state index in [1.807, 2.05) is 0 Å². The third kappa shape index (κ3) is 2.87. The minimum Gasteiger partial charge on any atom is -0.299 e. The maximum atomic E-state index is 12.2. The average Bonchev–Trinajstić information content (AvgIpc) is 2.74. The molecule has 1 heteroatoms. The molecule has 2 saturated carbocycles. The Bertz CT molecular complexity index is 381.